The van der Waals surface area contributed by atoms with Gasteiger partial charge in [-0.3, -0.25) is 19.3 Å². The lowest BCUT2D eigenvalue weighted by Gasteiger charge is -2.34. The second kappa shape index (κ2) is 9.17. The fraction of sp³-hybridized carbons (Fsp3) is 0.500. The minimum atomic E-state index is -0.323. The van der Waals surface area contributed by atoms with Crippen LogP contribution >= 0.6 is 0 Å². The molecule has 0 saturated carbocycles. The van der Waals surface area contributed by atoms with Gasteiger partial charge in [0.2, 0.25) is 17.7 Å². The molecule has 0 bridgehead atoms. The van der Waals surface area contributed by atoms with Crippen LogP contribution in [0, 0.1) is 0 Å². The minimum absolute atomic E-state index is 0.0638. The van der Waals surface area contributed by atoms with Gasteiger partial charge >= 0.3 is 0 Å². The number of hydrogen-bond acceptors (Lipinski definition) is 4. The predicted molar refractivity (Wildman–Crippen MR) is 95.6 cm³/mol. The number of carbonyl (C=O) groups excluding carboxylic acids is 3. The summed E-state index contributed by atoms with van der Waals surface area (Å²) >= 11 is 0. The number of piperidine rings is 1. The summed E-state index contributed by atoms with van der Waals surface area (Å²) in [7, 11) is 0. The van der Waals surface area contributed by atoms with Gasteiger partial charge < -0.3 is 16.4 Å². The van der Waals surface area contributed by atoms with Crippen molar-refractivity contribution < 1.29 is 14.4 Å². The van der Waals surface area contributed by atoms with Crippen LogP contribution in [0.15, 0.2) is 24.3 Å². The molecule has 1 atom stereocenters. The van der Waals surface area contributed by atoms with Crippen LogP contribution < -0.4 is 16.4 Å². The topological polar surface area (TPSA) is 105 Å². The van der Waals surface area contributed by atoms with Crippen molar-refractivity contribution in [1.82, 2.24) is 10.2 Å². The smallest absolute Gasteiger partial charge is 0.234 e. The quantitative estimate of drug-likeness (QED) is 0.685. The zero-order chi connectivity index (χ0) is 18.2. The summed E-state index contributed by atoms with van der Waals surface area (Å²) in [6, 6.07) is 7.39. The molecular weight excluding hydrogens is 320 g/mol. The van der Waals surface area contributed by atoms with Gasteiger partial charge in [-0.2, -0.15) is 0 Å². The predicted octanol–water partition coefficient (Wildman–Crippen LogP) is 0.991. The number of nitrogens with zero attached hydrogens (tertiary/aromatic N) is 1. The number of nitrogens with two attached hydrogens (primary N) is 1. The lowest BCUT2D eigenvalue weighted by atomic mass is 9.99. The first-order chi connectivity index (χ1) is 11.9. The molecule has 1 saturated heterocycles. The number of primary amides is 1. The van der Waals surface area contributed by atoms with E-state index < -0.39 is 0 Å². The summed E-state index contributed by atoms with van der Waals surface area (Å²) in [5, 5.41) is 5.60. The molecule has 1 aromatic rings. The van der Waals surface area contributed by atoms with Crippen LogP contribution in [-0.4, -0.2) is 41.8 Å². The molecular formula is C18H26N4O3. The highest BCUT2D eigenvalue weighted by Crippen LogP contribution is 2.19. The molecule has 7 heteroatoms. The highest BCUT2D eigenvalue weighted by atomic mass is 16.2. The van der Waals surface area contributed by atoms with Crippen molar-refractivity contribution in [3.05, 3.63) is 29.8 Å². The van der Waals surface area contributed by atoms with Crippen molar-refractivity contribution in [3.63, 3.8) is 0 Å². The number of anilines is 1. The van der Waals surface area contributed by atoms with Crippen molar-refractivity contribution in [1.29, 1.82) is 0 Å². The molecule has 0 spiro atoms. The Balaban J connectivity index is 1.81. The summed E-state index contributed by atoms with van der Waals surface area (Å²) in [5.41, 5.74) is 6.98. The van der Waals surface area contributed by atoms with Gasteiger partial charge in [-0.05, 0) is 37.1 Å². The molecule has 1 heterocycles. The van der Waals surface area contributed by atoms with E-state index in [1.807, 2.05) is 17.0 Å². The molecule has 7 nitrogen and oxygen atoms in total. The van der Waals surface area contributed by atoms with Crippen molar-refractivity contribution >= 4 is 23.4 Å². The molecule has 1 fully saturated rings. The third kappa shape index (κ3) is 6.54. The lowest BCUT2D eigenvalue weighted by Crippen LogP contribution is -2.46. The molecule has 1 unspecified atom stereocenters. The number of likely N-dealkylation sites (tertiary alicyclic amines) is 1. The Kier molecular flexibility index (Phi) is 6.94. The largest absolute Gasteiger partial charge is 0.370 e. The Hall–Kier alpha value is -2.41. The van der Waals surface area contributed by atoms with Gasteiger partial charge in [0, 0.05) is 31.6 Å². The summed E-state index contributed by atoms with van der Waals surface area (Å²) in [6.45, 7) is 2.98. The molecule has 25 heavy (non-hydrogen) atoms. The molecule has 136 valence electrons. The average Bonchev–Trinajstić information content (AvgIpc) is 2.55. The first-order valence-corrected chi connectivity index (χ1v) is 8.59. The maximum Gasteiger partial charge on any atom is 0.234 e. The Morgan fingerprint density at radius 1 is 1.20 bits per heavy atom. The zero-order valence-electron chi connectivity index (χ0n) is 14.6. The number of carbonyl (C=O) groups is 3. The van der Waals surface area contributed by atoms with Crippen LogP contribution in [0.4, 0.5) is 5.69 Å². The maximum absolute atomic E-state index is 12.2. The van der Waals surface area contributed by atoms with Crippen LogP contribution in [0.1, 0.15) is 38.2 Å². The third-order valence-corrected chi connectivity index (χ3v) is 4.30. The van der Waals surface area contributed by atoms with E-state index in [-0.39, 0.29) is 30.3 Å². The number of amides is 3. The van der Waals surface area contributed by atoms with Crippen molar-refractivity contribution in [2.24, 2.45) is 5.73 Å². The Bertz CT molecular complexity index is 615. The molecule has 3 amide bonds. The standard InChI is InChI=1S/C18H26N4O3/c1-13(23)21-15-7-5-14(6-8-15)11-20-18(25)12-22-9-3-2-4-16(22)10-17(19)24/h5-8,16H,2-4,9-12H2,1H3,(H2,19,24)(H,20,25)(H,21,23). The van der Waals surface area contributed by atoms with Crippen LogP contribution in [0.2, 0.25) is 0 Å². The average molecular weight is 346 g/mol. The number of hydrogen-bond donors (Lipinski definition) is 3. The SMILES string of the molecule is CC(=O)Nc1ccc(CNC(=O)CN2CCCCC2CC(N)=O)cc1. The van der Waals surface area contributed by atoms with Crippen LogP contribution in [-0.2, 0) is 20.9 Å². The number of rotatable bonds is 7. The first-order valence-electron chi connectivity index (χ1n) is 8.59. The molecule has 1 aliphatic heterocycles. The third-order valence-electron chi connectivity index (χ3n) is 4.30. The summed E-state index contributed by atoms with van der Waals surface area (Å²) in [6.07, 6.45) is 3.31. The van der Waals surface area contributed by atoms with E-state index in [9.17, 15) is 14.4 Å². The van der Waals surface area contributed by atoms with Gasteiger partial charge in [-0.25, -0.2) is 0 Å². The summed E-state index contributed by atoms with van der Waals surface area (Å²) in [5.74, 6) is -0.507. The fourth-order valence-corrected chi connectivity index (χ4v) is 3.08. The molecule has 1 aromatic carbocycles. The monoisotopic (exact) mass is 346 g/mol. The van der Waals surface area contributed by atoms with E-state index in [1.165, 1.54) is 6.92 Å². The number of benzene rings is 1. The van der Waals surface area contributed by atoms with E-state index in [2.05, 4.69) is 10.6 Å². The van der Waals surface area contributed by atoms with E-state index in [4.69, 9.17) is 5.73 Å². The van der Waals surface area contributed by atoms with Gasteiger partial charge in [0.05, 0.1) is 6.54 Å². The van der Waals surface area contributed by atoms with Crippen molar-refractivity contribution in [3.8, 4) is 0 Å². The van der Waals surface area contributed by atoms with Gasteiger partial charge in [-0.15, -0.1) is 0 Å². The van der Waals surface area contributed by atoms with E-state index in [0.717, 1.165) is 37.1 Å². The summed E-state index contributed by atoms with van der Waals surface area (Å²) < 4.78 is 0. The highest BCUT2D eigenvalue weighted by molar-refractivity contribution is 5.88. The molecule has 2 rings (SSSR count). The zero-order valence-corrected chi connectivity index (χ0v) is 14.6. The summed E-state index contributed by atoms with van der Waals surface area (Å²) in [4.78, 5) is 36.4. The minimum Gasteiger partial charge on any atom is -0.370 e. The van der Waals surface area contributed by atoms with Crippen LogP contribution in [0.5, 0.6) is 0 Å². The Morgan fingerprint density at radius 3 is 2.56 bits per heavy atom. The van der Waals surface area contributed by atoms with Crippen LogP contribution in [0.25, 0.3) is 0 Å². The highest BCUT2D eigenvalue weighted by Gasteiger charge is 2.25. The normalized spacial score (nSPS) is 17.7. The Labute approximate surface area is 147 Å². The maximum atomic E-state index is 12.2. The van der Waals surface area contributed by atoms with Gasteiger partial charge in [-0.1, -0.05) is 18.6 Å². The van der Waals surface area contributed by atoms with Gasteiger partial charge in [0.25, 0.3) is 0 Å². The van der Waals surface area contributed by atoms with Crippen molar-refractivity contribution in [2.75, 3.05) is 18.4 Å². The van der Waals surface area contributed by atoms with E-state index >= 15 is 0 Å². The molecule has 1 aliphatic rings. The second-order valence-corrected chi connectivity index (χ2v) is 6.45. The fourth-order valence-electron chi connectivity index (χ4n) is 3.08. The second-order valence-electron chi connectivity index (χ2n) is 6.45. The van der Waals surface area contributed by atoms with Crippen molar-refractivity contribution in [2.45, 2.75) is 45.2 Å². The Morgan fingerprint density at radius 2 is 1.92 bits per heavy atom. The molecule has 0 radical (unpaired) electrons. The van der Waals surface area contributed by atoms with Gasteiger partial charge in [0.15, 0.2) is 0 Å². The molecule has 4 N–H and O–H groups in total. The first kappa shape index (κ1) is 18.9. The lowest BCUT2D eigenvalue weighted by molar-refractivity contribution is -0.125. The molecule has 0 aliphatic carbocycles. The number of nitrogens with one attached hydrogen (secondary N) is 2. The van der Waals surface area contributed by atoms with E-state index in [0.29, 0.717) is 13.0 Å². The van der Waals surface area contributed by atoms with Crippen LogP contribution in [0.3, 0.4) is 0 Å². The van der Waals surface area contributed by atoms with Gasteiger partial charge in [0.1, 0.15) is 0 Å². The molecule has 0 aromatic heterocycles. The van der Waals surface area contributed by atoms with E-state index in [1.54, 1.807) is 12.1 Å².